The number of rotatable bonds is 7. The topological polar surface area (TPSA) is 98.6 Å². The lowest BCUT2D eigenvalue weighted by atomic mass is 9.95. The van der Waals surface area contributed by atoms with Crippen LogP contribution >= 0.6 is 0 Å². The summed E-state index contributed by atoms with van der Waals surface area (Å²) in [6.07, 6.45) is 1.41. The minimum atomic E-state index is -0.517. The number of ether oxygens (including phenoxy) is 2. The summed E-state index contributed by atoms with van der Waals surface area (Å²) < 4.78 is 12.3. The molecule has 0 bridgehead atoms. The molecule has 0 aliphatic carbocycles. The van der Waals surface area contributed by atoms with Gasteiger partial charge in [0.05, 0.1) is 25.0 Å². The van der Waals surface area contributed by atoms with Crippen molar-refractivity contribution >= 4 is 23.5 Å². The third-order valence-electron chi connectivity index (χ3n) is 5.40. The number of esters is 1. The number of aromatic nitrogens is 3. The first-order chi connectivity index (χ1) is 16.0. The molecule has 33 heavy (non-hydrogen) atoms. The Morgan fingerprint density at radius 3 is 2.55 bits per heavy atom. The van der Waals surface area contributed by atoms with Crippen molar-refractivity contribution in [2.45, 2.75) is 19.9 Å². The molecule has 0 fully saturated rings. The molecule has 2 heterocycles. The molecule has 1 amide bonds. The number of benzene rings is 2. The van der Waals surface area contributed by atoms with Crippen molar-refractivity contribution in [2.24, 2.45) is 0 Å². The van der Waals surface area contributed by atoms with Crippen molar-refractivity contribution in [2.75, 3.05) is 30.5 Å². The fraction of sp³-hybridized carbons (Fsp3) is 0.250. The van der Waals surface area contributed by atoms with E-state index < -0.39 is 12.0 Å². The number of allylic oxidation sites excluding steroid dienone is 1. The number of hydrogen-bond acceptors (Lipinski definition) is 7. The number of para-hydroxylation sites is 2. The van der Waals surface area contributed by atoms with Gasteiger partial charge in [-0.1, -0.05) is 42.5 Å². The van der Waals surface area contributed by atoms with Crippen molar-refractivity contribution in [3.63, 3.8) is 0 Å². The van der Waals surface area contributed by atoms with Crippen LogP contribution in [0.2, 0.25) is 0 Å². The van der Waals surface area contributed by atoms with Gasteiger partial charge in [0.15, 0.2) is 0 Å². The second-order valence-electron chi connectivity index (χ2n) is 7.37. The van der Waals surface area contributed by atoms with Gasteiger partial charge < -0.3 is 19.7 Å². The van der Waals surface area contributed by atoms with E-state index in [0.717, 1.165) is 5.56 Å². The van der Waals surface area contributed by atoms with Gasteiger partial charge >= 0.3 is 5.97 Å². The second kappa shape index (κ2) is 9.56. The van der Waals surface area contributed by atoms with E-state index in [2.05, 4.69) is 15.4 Å². The Bertz CT molecular complexity index is 1190. The van der Waals surface area contributed by atoms with Crippen LogP contribution in [0.5, 0.6) is 5.75 Å². The number of methoxy groups -OCH3 is 1. The summed E-state index contributed by atoms with van der Waals surface area (Å²) in [5.41, 5.74) is 2.41. The zero-order valence-corrected chi connectivity index (χ0v) is 18.7. The predicted molar refractivity (Wildman–Crippen MR) is 123 cm³/mol. The molecule has 1 aliphatic heterocycles. The number of fused-ring (bicyclic) bond motifs is 1. The lowest BCUT2D eigenvalue weighted by molar-refractivity contribution is -0.139. The third kappa shape index (κ3) is 4.30. The number of anilines is 2. The van der Waals surface area contributed by atoms with Crippen LogP contribution in [0.15, 0.2) is 72.2 Å². The fourth-order valence-electron chi connectivity index (χ4n) is 3.92. The van der Waals surface area contributed by atoms with Crippen LogP contribution in [-0.4, -0.2) is 46.9 Å². The molecule has 1 atom stereocenters. The SMILES string of the molecule is CCOC(=O)C1=C(C)N(CC(=O)Nc2ccccc2OC)c2ncnn2[C@H]1c1ccccc1. The highest BCUT2D eigenvalue weighted by atomic mass is 16.5. The quantitative estimate of drug-likeness (QED) is 0.556. The van der Waals surface area contributed by atoms with Crippen LogP contribution in [0, 0.1) is 0 Å². The summed E-state index contributed by atoms with van der Waals surface area (Å²) in [6.45, 7) is 3.70. The Morgan fingerprint density at radius 1 is 1.09 bits per heavy atom. The minimum absolute atomic E-state index is 0.0764. The summed E-state index contributed by atoms with van der Waals surface area (Å²) in [5.74, 6) is 0.260. The van der Waals surface area contributed by atoms with Gasteiger partial charge in [-0.2, -0.15) is 10.1 Å². The molecule has 1 N–H and O–H groups in total. The van der Waals surface area contributed by atoms with Gasteiger partial charge in [-0.05, 0) is 31.5 Å². The summed E-state index contributed by atoms with van der Waals surface area (Å²) in [7, 11) is 1.54. The smallest absolute Gasteiger partial charge is 0.338 e. The van der Waals surface area contributed by atoms with Gasteiger partial charge in [0.25, 0.3) is 0 Å². The molecule has 9 heteroatoms. The van der Waals surface area contributed by atoms with Gasteiger partial charge in [0.2, 0.25) is 11.9 Å². The third-order valence-corrected chi connectivity index (χ3v) is 5.40. The molecule has 0 saturated heterocycles. The maximum Gasteiger partial charge on any atom is 0.338 e. The first-order valence-corrected chi connectivity index (χ1v) is 10.6. The lowest BCUT2D eigenvalue weighted by Crippen LogP contribution is -2.40. The lowest BCUT2D eigenvalue weighted by Gasteiger charge is -2.35. The monoisotopic (exact) mass is 447 g/mol. The van der Waals surface area contributed by atoms with E-state index in [4.69, 9.17) is 9.47 Å². The number of amides is 1. The number of nitrogens with zero attached hydrogens (tertiary/aromatic N) is 4. The fourth-order valence-corrected chi connectivity index (χ4v) is 3.92. The Kier molecular flexibility index (Phi) is 6.39. The average molecular weight is 447 g/mol. The average Bonchev–Trinajstić information content (AvgIpc) is 3.31. The first-order valence-electron chi connectivity index (χ1n) is 10.6. The molecule has 4 rings (SSSR count). The van der Waals surface area contributed by atoms with Crippen molar-refractivity contribution in [3.8, 4) is 5.75 Å². The van der Waals surface area contributed by atoms with Gasteiger partial charge in [0.1, 0.15) is 24.7 Å². The number of hydrogen-bond donors (Lipinski definition) is 1. The highest BCUT2D eigenvalue weighted by molar-refractivity contribution is 5.97. The molecule has 0 unspecified atom stereocenters. The normalized spacial score (nSPS) is 15.1. The Hall–Kier alpha value is -4.14. The zero-order valence-electron chi connectivity index (χ0n) is 18.7. The van der Waals surface area contributed by atoms with Gasteiger partial charge in [-0.25, -0.2) is 9.48 Å². The molecule has 0 saturated carbocycles. The largest absolute Gasteiger partial charge is 0.495 e. The minimum Gasteiger partial charge on any atom is -0.495 e. The zero-order chi connectivity index (χ0) is 23.4. The molecule has 170 valence electrons. The van der Waals surface area contributed by atoms with E-state index in [1.165, 1.54) is 6.33 Å². The van der Waals surface area contributed by atoms with Gasteiger partial charge in [-0.3, -0.25) is 4.79 Å². The van der Waals surface area contributed by atoms with Crippen LogP contribution in [0.25, 0.3) is 0 Å². The van der Waals surface area contributed by atoms with Crippen LogP contribution in [-0.2, 0) is 14.3 Å². The number of carbonyl (C=O) groups is 2. The molecule has 2 aromatic carbocycles. The van der Waals surface area contributed by atoms with Crippen molar-refractivity contribution in [1.29, 1.82) is 0 Å². The molecule has 3 aromatic rings. The number of carbonyl (C=O) groups excluding carboxylic acids is 2. The van der Waals surface area contributed by atoms with Crippen molar-refractivity contribution in [1.82, 2.24) is 14.8 Å². The van der Waals surface area contributed by atoms with Crippen LogP contribution in [0.4, 0.5) is 11.6 Å². The van der Waals surface area contributed by atoms with Gasteiger partial charge in [-0.15, -0.1) is 0 Å². The summed E-state index contributed by atoms with van der Waals surface area (Å²) >= 11 is 0. The second-order valence-corrected chi connectivity index (χ2v) is 7.37. The van der Waals surface area contributed by atoms with Crippen molar-refractivity contribution < 1.29 is 19.1 Å². The van der Waals surface area contributed by atoms with Crippen molar-refractivity contribution in [3.05, 3.63) is 77.8 Å². The molecule has 1 aromatic heterocycles. The summed E-state index contributed by atoms with van der Waals surface area (Å²) in [4.78, 5) is 32.1. The summed E-state index contributed by atoms with van der Waals surface area (Å²) in [5, 5.41) is 7.24. The van der Waals surface area contributed by atoms with Crippen LogP contribution in [0.1, 0.15) is 25.5 Å². The van der Waals surface area contributed by atoms with Gasteiger partial charge in [0, 0.05) is 5.70 Å². The van der Waals surface area contributed by atoms with E-state index in [1.54, 1.807) is 42.7 Å². The Balaban J connectivity index is 1.72. The van der Waals surface area contributed by atoms with E-state index in [-0.39, 0.29) is 19.1 Å². The molecule has 9 nitrogen and oxygen atoms in total. The van der Waals surface area contributed by atoms with E-state index in [0.29, 0.717) is 28.7 Å². The predicted octanol–water partition coefficient (Wildman–Crippen LogP) is 3.17. The molecular weight excluding hydrogens is 422 g/mol. The van der Waals surface area contributed by atoms with Crippen LogP contribution < -0.4 is 15.0 Å². The summed E-state index contributed by atoms with van der Waals surface area (Å²) in [6, 6.07) is 16.2. The Labute approximate surface area is 191 Å². The van der Waals surface area contributed by atoms with E-state index in [1.807, 2.05) is 42.5 Å². The molecule has 0 spiro atoms. The first kappa shape index (κ1) is 22.1. The highest BCUT2D eigenvalue weighted by Crippen LogP contribution is 2.38. The van der Waals surface area contributed by atoms with Crippen LogP contribution in [0.3, 0.4) is 0 Å². The van der Waals surface area contributed by atoms with E-state index >= 15 is 0 Å². The number of nitrogens with one attached hydrogen (secondary N) is 1. The molecule has 1 aliphatic rings. The Morgan fingerprint density at radius 2 is 1.82 bits per heavy atom. The van der Waals surface area contributed by atoms with E-state index in [9.17, 15) is 9.59 Å². The molecule has 0 radical (unpaired) electrons. The maximum atomic E-state index is 13.0. The standard InChI is InChI=1S/C24H25N5O4/c1-4-33-23(31)21-16(2)28(14-20(30)27-18-12-8-9-13-19(18)32-3)24-25-15-26-29(24)22(21)17-10-6-5-7-11-17/h5-13,15,22H,4,14H2,1-3H3,(H,27,30)/t22-/m0/s1. The highest BCUT2D eigenvalue weighted by Gasteiger charge is 2.38. The molecular formula is C24H25N5O4. The maximum absolute atomic E-state index is 13.0.